The number of likely N-dealkylation sites (tertiary alicyclic amines) is 1. The monoisotopic (exact) mass is 506 g/mol. The summed E-state index contributed by atoms with van der Waals surface area (Å²) in [7, 11) is 0. The lowest BCUT2D eigenvalue weighted by Crippen LogP contribution is -2.38. The molecule has 0 radical (unpaired) electrons. The van der Waals surface area contributed by atoms with Crippen LogP contribution in [0.4, 0.5) is 11.5 Å². The largest absolute Gasteiger partial charge is 0.457 e. The van der Waals surface area contributed by atoms with Crippen molar-refractivity contribution < 1.29 is 9.53 Å². The van der Waals surface area contributed by atoms with E-state index in [1.807, 2.05) is 60.5 Å². The van der Waals surface area contributed by atoms with E-state index in [9.17, 15) is 4.79 Å². The number of aryl methyl sites for hydroxylation is 1. The lowest BCUT2D eigenvalue weighted by molar-refractivity contribution is -0.127. The van der Waals surface area contributed by atoms with E-state index in [1.54, 1.807) is 4.52 Å². The number of hydrogen-bond acceptors (Lipinski definition) is 8. The number of pyridine rings is 2. The van der Waals surface area contributed by atoms with E-state index in [2.05, 4.69) is 31.9 Å². The Kier molecular flexibility index (Phi) is 6.12. The number of amides is 1. The average molecular weight is 507 g/mol. The molecule has 5 heterocycles. The maximum atomic E-state index is 12.2. The second kappa shape index (κ2) is 9.89. The molecule has 1 amide bonds. The number of rotatable bonds is 6. The third-order valence-corrected chi connectivity index (χ3v) is 6.75. The Balaban J connectivity index is 1.24. The van der Waals surface area contributed by atoms with Crippen molar-refractivity contribution in [3.63, 3.8) is 0 Å². The topological polar surface area (TPSA) is 110 Å². The highest BCUT2D eigenvalue weighted by Gasteiger charge is 2.25. The van der Waals surface area contributed by atoms with Crippen LogP contribution in [0.1, 0.15) is 30.0 Å². The summed E-state index contributed by atoms with van der Waals surface area (Å²) in [6.07, 6.45) is 8.13. The molecular formula is C28H26N8O2. The Labute approximate surface area is 219 Å². The molecule has 1 saturated heterocycles. The Morgan fingerprint density at radius 1 is 1.13 bits per heavy atom. The molecule has 38 heavy (non-hydrogen) atoms. The maximum absolute atomic E-state index is 12.2. The molecule has 1 aliphatic rings. The van der Waals surface area contributed by atoms with E-state index in [1.165, 1.54) is 18.7 Å². The van der Waals surface area contributed by atoms with Crippen molar-refractivity contribution in [3.05, 3.63) is 85.2 Å². The standard InChI is InChI=1S/C28H26N8O2/c1-3-26(37)35-11-4-5-19(15-35)22-7-8-23-27(34-22)28(31-16-29-23)33-20-6-9-24(18(2)13-20)38-21-10-12-36-25(14-21)30-17-32-36/h3,6-10,12-14,16-17,19H,1,4-5,11,15H2,2H3,(H,29,31,33)/t19-/m0/s1. The number of ether oxygens (including phenoxy) is 1. The van der Waals surface area contributed by atoms with Crippen LogP contribution in [-0.2, 0) is 4.79 Å². The summed E-state index contributed by atoms with van der Waals surface area (Å²) < 4.78 is 7.78. The van der Waals surface area contributed by atoms with Gasteiger partial charge in [-0.3, -0.25) is 4.79 Å². The number of fused-ring (bicyclic) bond motifs is 2. The number of anilines is 2. The van der Waals surface area contributed by atoms with Gasteiger partial charge in [0.05, 0.1) is 5.52 Å². The molecule has 10 heteroatoms. The molecule has 6 rings (SSSR count). The molecule has 0 unspecified atom stereocenters. The minimum Gasteiger partial charge on any atom is -0.457 e. The van der Waals surface area contributed by atoms with Crippen molar-refractivity contribution in [2.24, 2.45) is 0 Å². The quantitative estimate of drug-likeness (QED) is 0.327. The fourth-order valence-corrected chi connectivity index (χ4v) is 4.79. The van der Waals surface area contributed by atoms with Gasteiger partial charge in [-0.1, -0.05) is 6.58 Å². The van der Waals surface area contributed by atoms with E-state index in [0.717, 1.165) is 47.6 Å². The van der Waals surface area contributed by atoms with Gasteiger partial charge in [0, 0.05) is 42.7 Å². The zero-order chi connectivity index (χ0) is 26.1. The van der Waals surface area contributed by atoms with Gasteiger partial charge >= 0.3 is 0 Å². The van der Waals surface area contributed by atoms with E-state index < -0.39 is 0 Å². The number of nitrogens with one attached hydrogen (secondary N) is 1. The van der Waals surface area contributed by atoms with Gasteiger partial charge in [-0.15, -0.1) is 0 Å². The molecule has 0 spiro atoms. The summed E-state index contributed by atoms with van der Waals surface area (Å²) >= 11 is 0. The Hall–Kier alpha value is -4.86. The Bertz CT molecular complexity index is 1660. The van der Waals surface area contributed by atoms with Crippen LogP contribution in [0.3, 0.4) is 0 Å². The summed E-state index contributed by atoms with van der Waals surface area (Å²) in [5.41, 5.74) is 4.90. The highest BCUT2D eigenvalue weighted by molar-refractivity contribution is 5.88. The van der Waals surface area contributed by atoms with Gasteiger partial charge in [0.15, 0.2) is 11.5 Å². The minimum absolute atomic E-state index is 0.0388. The Morgan fingerprint density at radius 2 is 2.05 bits per heavy atom. The predicted octanol–water partition coefficient (Wildman–Crippen LogP) is 4.80. The van der Waals surface area contributed by atoms with Crippen LogP contribution in [0.25, 0.3) is 16.7 Å². The second-order valence-corrected chi connectivity index (χ2v) is 9.29. The van der Waals surface area contributed by atoms with Gasteiger partial charge in [0.2, 0.25) is 5.91 Å². The maximum Gasteiger partial charge on any atom is 0.245 e. The molecule has 4 aromatic heterocycles. The summed E-state index contributed by atoms with van der Waals surface area (Å²) in [5.74, 6) is 2.16. The molecule has 1 aliphatic heterocycles. The van der Waals surface area contributed by atoms with Crippen molar-refractivity contribution in [3.8, 4) is 11.5 Å². The van der Waals surface area contributed by atoms with Gasteiger partial charge in [-0.2, -0.15) is 5.10 Å². The van der Waals surface area contributed by atoms with Crippen LogP contribution >= 0.6 is 0 Å². The molecule has 1 N–H and O–H groups in total. The average Bonchev–Trinajstić information content (AvgIpc) is 3.42. The third-order valence-electron chi connectivity index (χ3n) is 6.75. The number of aromatic nitrogens is 6. The minimum atomic E-state index is -0.0388. The third kappa shape index (κ3) is 4.63. The first kappa shape index (κ1) is 23.5. The van der Waals surface area contributed by atoms with Crippen LogP contribution < -0.4 is 10.1 Å². The van der Waals surface area contributed by atoms with Crippen LogP contribution in [0, 0.1) is 6.92 Å². The number of nitrogens with zero attached hydrogens (tertiary/aromatic N) is 7. The molecule has 0 saturated carbocycles. The number of hydrogen-bond donors (Lipinski definition) is 1. The first-order valence-electron chi connectivity index (χ1n) is 12.5. The summed E-state index contributed by atoms with van der Waals surface area (Å²) in [5, 5.41) is 7.51. The second-order valence-electron chi connectivity index (χ2n) is 9.29. The van der Waals surface area contributed by atoms with Crippen LogP contribution in [0.15, 0.2) is 74.0 Å². The molecule has 1 aromatic carbocycles. The SMILES string of the molecule is C=CC(=O)N1CCC[C@H](c2ccc3ncnc(Nc4ccc(Oc5ccn6ncnc6c5)c(C)c4)c3n2)C1. The van der Waals surface area contributed by atoms with Crippen LogP contribution in [0.2, 0.25) is 0 Å². The van der Waals surface area contributed by atoms with Gasteiger partial charge in [0.1, 0.15) is 29.7 Å². The van der Waals surface area contributed by atoms with Gasteiger partial charge in [-0.05, 0) is 67.8 Å². The molecule has 0 aliphatic carbocycles. The lowest BCUT2D eigenvalue weighted by Gasteiger charge is -2.31. The first-order valence-corrected chi connectivity index (χ1v) is 12.5. The molecule has 1 fully saturated rings. The molecule has 190 valence electrons. The van der Waals surface area contributed by atoms with Gasteiger partial charge in [0.25, 0.3) is 0 Å². The molecule has 1 atom stereocenters. The van der Waals surface area contributed by atoms with Crippen molar-refractivity contribution in [1.82, 2.24) is 34.4 Å². The first-order chi connectivity index (χ1) is 18.6. The van der Waals surface area contributed by atoms with Crippen molar-refractivity contribution in [1.29, 1.82) is 0 Å². The molecular weight excluding hydrogens is 480 g/mol. The van der Waals surface area contributed by atoms with Crippen LogP contribution in [0.5, 0.6) is 11.5 Å². The summed E-state index contributed by atoms with van der Waals surface area (Å²) in [4.78, 5) is 32.0. The number of piperidine rings is 1. The number of carbonyl (C=O) groups is 1. The zero-order valence-electron chi connectivity index (χ0n) is 20.9. The number of carbonyl (C=O) groups excluding carboxylic acids is 1. The molecule has 10 nitrogen and oxygen atoms in total. The van der Waals surface area contributed by atoms with Gasteiger partial charge < -0.3 is 15.0 Å². The highest BCUT2D eigenvalue weighted by Crippen LogP contribution is 2.31. The number of benzene rings is 1. The molecule has 0 bridgehead atoms. The smallest absolute Gasteiger partial charge is 0.245 e. The normalized spacial score (nSPS) is 15.5. The molecule has 5 aromatic rings. The van der Waals surface area contributed by atoms with Gasteiger partial charge in [-0.25, -0.2) is 24.5 Å². The van der Waals surface area contributed by atoms with Crippen molar-refractivity contribution >= 4 is 34.1 Å². The van der Waals surface area contributed by atoms with E-state index in [0.29, 0.717) is 29.3 Å². The fourth-order valence-electron chi connectivity index (χ4n) is 4.79. The van der Waals surface area contributed by atoms with Crippen molar-refractivity contribution in [2.75, 3.05) is 18.4 Å². The van der Waals surface area contributed by atoms with Crippen LogP contribution in [-0.4, -0.2) is 53.4 Å². The van der Waals surface area contributed by atoms with E-state index in [4.69, 9.17) is 9.72 Å². The zero-order valence-corrected chi connectivity index (χ0v) is 20.9. The summed E-state index contributed by atoms with van der Waals surface area (Å²) in [6, 6.07) is 13.5. The predicted molar refractivity (Wildman–Crippen MR) is 144 cm³/mol. The Morgan fingerprint density at radius 3 is 2.92 bits per heavy atom. The fraction of sp³-hybridized carbons (Fsp3) is 0.214. The van der Waals surface area contributed by atoms with E-state index in [-0.39, 0.29) is 11.8 Å². The lowest BCUT2D eigenvalue weighted by atomic mass is 9.94. The van der Waals surface area contributed by atoms with Crippen molar-refractivity contribution in [2.45, 2.75) is 25.7 Å². The van der Waals surface area contributed by atoms with E-state index >= 15 is 0 Å². The summed E-state index contributed by atoms with van der Waals surface area (Å²) in [6.45, 7) is 6.99. The highest BCUT2D eigenvalue weighted by atomic mass is 16.5.